The monoisotopic (exact) mass is 439 g/mol. The Morgan fingerprint density at radius 1 is 1.25 bits per heavy atom. The van der Waals surface area contributed by atoms with Crippen molar-refractivity contribution in [1.82, 2.24) is 20.2 Å². The zero-order valence-electron chi connectivity index (χ0n) is 19.0. The van der Waals surface area contributed by atoms with Gasteiger partial charge in [-0.3, -0.25) is 0 Å². The number of carbonyl (C=O) groups is 1. The number of methoxy groups -OCH3 is 1. The number of benzene rings is 1. The number of carbonyl (C=O) groups excluding carboxylic acids is 1. The van der Waals surface area contributed by atoms with Crippen molar-refractivity contribution >= 4 is 12.0 Å². The van der Waals surface area contributed by atoms with Crippen LogP contribution in [0.3, 0.4) is 0 Å². The standard InChI is InChI=1S/C24H33N5O3/c1-24(2)19-13-25-22(26-17-9-11-18(32-3)12-10-17)27-20(19)14-29(24)23(31)28-21(15-30)16-7-5-4-6-8-16/h4-8,13,17-18,21,30H,9-12,14-15H2,1-3H3,(H,28,31)(H,25,26,27)/t17-,18-,21-/m1/s1. The van der Waals surface area contributed by atoms with E-state index in [1.165, 1.54) is 0 Å². The van der Waals surface area contributed by atoms with Gasteiger partial charge in [0.05, 0.1) is 36.5 Å². The highest BCUT2D eigenvalue weighted by Gasteiger charge is 2.42. The van der Waals surface area contributed by atoms with Crippen molar-refractivity contribution in [2.24, 2.45) is 0 Å². The average Bonchev–Trinajstić information content (AvgIpc) is 3.08. The predicted octanol–water partition coefficient (Wildman–Crippen LogP) is 3.34. The molecule has 0 bridgehead atoms. The first-order chi connectivity index (χ1) is 15.4. The fourth-order valence-corrected chi connectivity index (χ4v) is 4.71. The quantitative estimate of drug-likeness (QED) is 0.638. The SMILES string of the molecule is CO[C@H]1CC[C@H](Nc2ncc3c(n2)CN(C(=O)N[C@H](CO)c2ccccc2)C3(C)C)CC1. The van der Waals surface area contributed by atoms with E-state index in [-0.39, 0.29) is 12.6 Å². The van der Waals surface area contributed by atoms with Crippen molar-refractivity contribution in [3.05, 3.63) is 53.3 Å². The van der Waals surface area contributed by atoms with Crippen LogP contribution in [0.2, 0.25) is 0 Å². The molecule has 1 aromatic heterocycles. The van der Waals surface area contributed by atoms with Gasteiger partial charge in [-0.1, -0.05) is 30.3 Å². The number of nitrogens with one attached hydrogen (secondary N) is 2. The molecule has 2 heterocycles. The number of aromatic nitrogens is 2. The Morgan fingerprint density at radius 2 is 1.97 bits per heavy atom. The minimum absolute atomic E-state index is 0.170. The summed E-state index contributed by atoms with van der Waals surface area (Å²) in [6.07, 6.45) is 6.31. The van der Waals surface area contributed by atoms with Gasteiger partial charge in [-0.05, 0) is 45.1 Å². The highest BCUT2D eigenvalue weighted by atomic mass is 16.5. The molecule has 1 aliphatic heterocycles. The summed E-state index contributed by atoms with van der Waals surface area (Å²) in [5.74, 6) is 0.611. The number of hydrogen-bond donors (Lipinski definition) is 3. The van der Waals surface area contributed by atoms with E-state index >= 15 is 0 Å². The first-order valence-electron chi connectivity index (χ1n) is 11.3. The van der Waals surface area contributed by atoms with Crippen LogP contribution in [0.15, 0.2) is 36.5 Å². The summed E-state index contributed by atoms with van der Waals surface area (Å²) in [5.41, 5.74) is 2.12. The molecule has 1 atom stereocenters. The summed E-state index contributed by atoms with van der Waals surface area (Å²) in [7, 11) is 1.77. The third-order valence-corrected chi connectivity index (χ3v) is 6.78. The molecule has 2 amide bonds. The molecular weight excluding hydrogens is 406 g/mol. The smallest absolute Gasteiger partial charge is 0.319 e. The third-order valence-electron chi connectivity index (χ3n) is 6.78. The molecule has 2 aromatic rings. The van der Waals surface area contributed by atoms with E-state index in [0.29, 0.717) is 24.6 Å². The topological polar surface area (TPSA) is 99.6 Å². The maximum Gasteiger partial charge on any atom is 0.319 e. The minimum Gasteiger partial charge on any atom is -0.394 e. The lowest BCUT2D eigenvalue weighted by molar-refractivity contribution is 0.0681. The number of fused-ring (bicyclic) bond motifs is 1. The molecule has 0 spiro atoms. The van der Waals surface area contributed by atoms with Gasteiger partial charge in [0, 0.05) is 24.9 Å². The zero-order chi connectivity index (χ0) is 22.7. The van der Waals surface area contributed by atoms with Crippen LogP contribution in [0.25, 0.3) is 0 Å². The normalized spacial score (nSPS) is 22.8. The van der Waals surface area contributed by atoms with Crippen LogP contribution in [0.1, 0.15) is 62.4 Å². The second kappa shape index (κ2) is 9.42. The summed E-state index contributed by atoms with van der Waals surface area (Å²) in [6.45, 7) is 4.22. The third kappa shape index (κ3) is 4.56. The predicted molar refractivity (Wildman–Crippen MR) is 122 cm³/mol. The number of aliphatic hydroxyl groups excluding tert-OH is 1. The summed E-state index contributed by atoms with van der Waals surface area (Å²) in [5, 5.41) is 16.3. The number of urea groups is 1. The molecule has 3 N–H and O–H groups in total. The molecule has 1 fully saturated rings. The van der Waals surface area contributed by atoms with E-state index in [1.54, 1.807) is 12.0 Å². The van der Waals surface area contributed by atoms with Crippen molar-refractivity contribution in [1.29, 1.82) is 0 Å². The maximum atomic E-state index is 13.2. The van der Waals surface area contributed by atoms with Gasteiger partial charge in [0.2, 0.25) is 5.95 Å². The maximum absolute atomic E-state index is 13.2. The first kappa shape index (κ1) is 22.5. The van der Waals surface area contributed by atoms with Crippen LogP contribution in [0.4, 0.5) is 10.7 Å². The molecule has 1 saturated carbocycles. The molecule has 1 aliphatic carbocycles. The number of amides is 2. The summed E-state index contributed by atoms with van der Waals surface area (Å²) in [6, 6.07) is 9.13. The second-order valence-corrected chi connectivity index (χ2v) is 9.15. The van der Waals surface area contributed by atoms with Gasteiger partial charge in [-0.25, -0.2) is 14.8 Å². The van der Waals surface area contributed by atoms with Gasteiger partial charge >= 0.3 is 6.03 Å². The number of ether oxygens (including phenoxy) is 1. The van der Waals surface area contributed by atoms with Crippen molar-refractivity contribution in [3.63, 3.8) is 0 Å². The molecule has 2 aliphatic rings. The van der Waals surface area contributed by atoms with Crippen LogP contribution >= 0.6 is 0 Å². The molecule has 172 valence electrons. The van der Waals surface area contributed by atoms with Gasteiger partial charge in [0.25, 0.3) is 0 Å². The summed E-state index contributed by atoms with van der Waals surface area (Å²) in [4.78, 5) is 24.2. The molecule has 8 heteroatoms. The molecule has 32 heavy (non-hydrogen) atoms. The van der Waals surface area contributed by atoms with Crippen molar-refractivity contribution in [3.8, 4) is 0 Å². The van der Waals surface area contributed by atoms with E-state index in [1.807, 2.05) is 50.4 Å². The molecule has 4 rings (SSSR count). The van der Waals surface area contributed by atoms with Crippen LogP contribution in [0, 0.1) is 0 Å². The van der Waals surface area contributed by atoms with E-state index in [9.17, 15) is 9.90 Å². The first-order valence-corrected chi connectivity index (χ1v) is 11.3. The van der Waals surface area contributed by atoms with Crippen molar-refractivity contribution in [2.45, 2.75) is 69.8 Å². The van der Waals surface area contributed by atoms with Gasteiger partial charge in [-0.15, -0.1) is 0 Å². The Hall–Kier alpha value is -2.71. The summed E-state index contributed by atoms with van der Waals surface area (Å²) >= 11 is 0. The van der Waals surface area contributed by atoms with Crippen molar-refractivity contribution in [2.75, 3.05) is 19.0 Å². The fraction of sp³-hybridized carbons (Fsp3) is 0.542. The lowest BCUT2D eigenvalue weighted by atomic mass is 9.93. The second-order valence-electron chi connectivity index (χ2n) is 9.15. The molecule has 8 nitrogen and oxygen atoms in total. The average molecular weight is 440 g/mol. The van der Waals surface area contributed by atoms with Gasteiger partial charge in [0.15, 0.2) is 0 Å². The lowest BCUT2D eigenvalue weighted by Crippen LogP contribution is -2.47. The molecule has 0 radical (unpaired) electrons. The molecule has 1 aromatic carbocycles. The van der Waals surface area contributed by atoms with Crippen LogP contribution < -0.4 is 10.6 Å². The van der Waals surface area contributed by atoms with E-state index < -0.39 is 11.6 Å². The van der Waals surface area contributed by atoms with Gasteiger partial charge in [-0.2, -0.15) is 0 Å². The molecule has 0 unspecified atom stereocenters. The summed E-state index contributed by atoms with van der Waals surface area (Å²) < 4.78 is 5.45. The van der Waals surface area contributed by atoms with Crippen LogP contribution in [0.5, 0.6) is 0 Å². The lowest BCUT2D eigenvalue weighted by Gasteiger charge is -2.33. The fourth-order valence-electron chi connectivity index (χ4n) is 4.71. The Bertz CT molecular complexity index is 928. The Labute approximate surface area is 189 Å². The number of hydrogen-bond acceptors (Lipinski definition) is 6. The Kier molecular flexibility index (Phi) is 6.62. The largest absolute Gasteiger partial charge is 0.394 e. The number of rotatable bonds is 6. The van der Waals surface area contributed by atoms with Gasteiger partial charge < -0.3 is 25.4 Å². The van der Waals surface area contributed by atoms with E-state index in [0.717, 1.165) is 42.5 Å². The Balaban J connectivity index is 1.44. The van der Waals surface area contributed by atoms with E-state index in [2.05, 4.69) is 15.6 Å². The molecular formula is C24H33N5O3. The number of anilines is 1. The Morgan fingerprint density at radius 3 is 2.62 bits per heavy atom. The number of nitrogens with zero attached hydrogens (tertiary/aromatic N) is 3. The molecule has 0 saturated heterocycles. The van der Waals surface area contributed by atoms with Crippen LogP contribution in [-0.4, -0.2) is 51.9 Å². The minimum atomic E-state index is -0.550. The zero-order valence-corrected chi connectivity index (χ0v) is 19.0. The highest BCUT2D eigenvalue weighted by Crippen LogP contribution is 2.38. The highest BCUT2D eigenvalue weighted by molar-refractivity contribution is 5.77. The van der Waals surface area contributed by atoms with Crippen molar-refractivity contribution < 1.29 is 14.6 Å². The number of aliphatic hydroxyl groups is 1. The van der Waals surface area contributed by atoms with E-state index in [4.69, 9.17) is 9.72 Å². The van der Waals surface area contributed by atoms with Gasteiger partial charge in [0.1, 0.15) is 0 Å². The van der Waals surface area contributed by atoms with Crippen LogP contribution in [-0.2, 0) is 16.8 Å².